The molecule has 2 aliphatic carbocycles. The molecule has 5 N–H and O–H groups in total. The summed E-state index contributed by atoms with van der Waals surface area (Å²) < 4.78 is 15.2. The molecule has 214 valence electrons. The number of urea groups is 1. The van der Waals surface area contributed by atoms with Crippen LogP contribution in [0.25, 0.3) is 0 Å². The van der Waals surface area contributed by atoms with Crippen LogP contribution >= 0.6 is 0 Å². The van der Waals surface area contributed by atoms with Crippen LogP contribution in [0.15, 0.2) is 29.5 Å². The predicted octanol–water partition coefficient (Wildman–Crippen LogP) is 2.68. The Kier molecular flexibility index (Phi) is 9.12. The van der Waals surface area contributed by atoms with E-state index in [1.807, 2.05) is 14.0 Å². The summed E-state index contributed by atoms with van der Waals surface area (Å²) in [5.74, 6) is -1.20. The molecule has 39 heavy (non-hydrogen) atoms. The van der Waals surface area contributed by atoms with E-state index in [0.717, 1.165) is 31.3 Å². The average molecular weight is 545 g/mol. The number of nitrogens with zero attached hydrogens (tertiary/aromatic N) is 2. The summed E-state index contributed by atoms with van der Waals surface area (Å²) in [5.41, 5.74) is 10.2. The molecule has 0 spiro atoms. The number of halogens is 1. The average Bonchev–Trinajstić information content (AvgIpc) is 3.84. The van der Waals surface area contributed by atoms with E-state index in [1.54, 1.807) is 24.8 Å². The van der Waals surface area contributed by atoms with Gasteiger partial charge in [0.25, 0.3) is 5.91 Å². The molecule has 11 heteroatoms. The fraction of sp³-hybridized carbons (Fsp3) is 0.607. The van der Waals surface area contributed by atoms with E-state index in [0.29, 0.717) is 37.0 Å². The Morgan fingerprint density at radius 2 is 1.82 bits per heavy atom. The van der Waals surface area contributed by atoms with Crippen LogP contribution in [-0.2, 0) is 14.4 Å². The smallest absolute Gasteiger partial charge is 0.339 e. The first kappa shape index (κ1) is 28.8. The van der Waals surface area contributed by atoms with E-state index < -0.39 is 29.7 Å². The number of amides is 4. The summed E-state index contributed by atoms with van der Waals surface area (Å²) in [5, 5.41) is 5.32. The number of nitrogens with one attached hydrogen (secondary N) is 3. The largest absolute Gasteiger partial charge is 0.394 e. The molecule has 0 bridgehead atoms. The third kappa shape index (κ3) is 7.07. The number of allylic oxidation sites excluding steroid dienone is 1. The van der Waals surface area contributed by atoms with E-state index in [9.17, 15) is 14.4 Å². The van der Waals surface area contributed by atoms with Crippen LogP contribution in [0.1, 0.15) is 57.9 Å². The number of rotatable bonds is 10. The maximum absolute atomic E-state index is 15.2. The fourth-order valence-corrected chi connectivity index (χ4v) is 5.15. The Morgan fingerprint density at radius 1 is 1.15 bits per heavy atom. The van der Waals surface area contributed by atoms with Crippen LogP contribution in [-0.4, -0.2) is 73.0 Å². The Labute approximate surface area is 229 Å². The highest BCUT2D eigenvalue weighted by Gasteiger charge is 2.39. The lowest BCUT2D eigenvalue weighted by Crippen LogP contribution is -2.59. The molecule has 0 unspecified atom stereocenters. The number of piperazine rings is 1. The highest BCUT2D eigenvalue weighted by atomic mass is 19.1. The summed E-state index contributed by atoms with van der Waals surface area (Å²) >= 11 is 0. The number of carbonyl (C=O) groups is 3. The molecule has 0 radical (unpaired) electrons. The molecule has 4 rings (SSSR count). The Hall–Kier alpha value is -3.18. The van der Waals surface area contributed by atoms with E-state index in [-0.39, 0.29) is 29.9 Å². The SMILES string of the molecule is CCONC(=O)N[C@@H](C(=O)N1CCN(C)[C@H](C)C1)[C@@H](C)c1ccc(NC(=O)C(N)=C(C2CC2)C2CC2)c(F)c1. The molecule has 1 heterocycles. The monoisotopic (exact) mass is 544 g/mol. The fourth-order valence-electron chi connectivity index (χ4n) is 5.15. The molecule has 1 aromatic carbocycles. The lowest BCUT2D eigenvalue weighted by molar-refractivity contribution is -0.136. The van der Waals surface area contributed by atoms with Gasteiger partial charge in [-0.3, -0.25) is 14.4 Å². The molecule has 10 nitrogen and oxygen atoms in total. The van der Waals surface area contributed by atoms with E-state index >= 15 is 4.39 Å². The zero-order valence-corrected chi connectivity index (χ0v) is 23.3. The molecular weight excluding hydrogens is 503 g/mol. The van der Waals surface area contributed by atoms with Crippen molar-refractivity contribution in [2.24, 2.45) is 17.6 Å². The van der Waals surface area contributed by atoms with Crippen LogP contribution in [0, 0.1) is 17.7 Å². The second-order valence-corrected chi connectivity index (χ2v) is 11.0. The number of hydrogen-bond acceptors (Lipinski definition) is 6. The van der Waals surface area contributed by atoms with Crippen LogP contribution in [0.5, 0.6) is 0 Å². The van der Waals surface area contributed by atoms with E-state index in [4.69, 9.17) is 10.6 Å². The molecule has 3 aliphatic rings. The third-order valence-electron chi connectivity index (χ3n) is 7.99. The maximum Gasteiger partial charge on any atom is 0.339 e. The summed E-state index contributed by atoms with van der Waals surface area (Å²) in [6.07, 6.45) is 4.18. The molecule has 3 fully saturated rings. The first-order valence-electron chi connectivity index (χ1n) is 13.9. The van der Waals surface area contributed by atoms with Gasteiger partial charge in [0, 0.05) is 31.6 Å². The second-order valence-electron chi connectivity index (χ2n) is 11.0. The summed E-state index contributed by atoms with van der Waals surface area (Å²) in [6.45, 7) is 7.54. The van der Waals surface area contributed by atoms with Gasteiger partial charge in [0.1, 0.15) is 11.9 Å². The minimum absolute atomic E-state index is 0.0164. The molecule has 1 aliphatic heterocycles. The summed E-state index contributed by atoms with van der Waals surface area (Å²) in [4.78, 5) is 47.7. The second kappa shape index (κ2) is 12.3. The van der Waals surface area contributed by atoms with Gasteiger partial charge in [0.15, 0.2) is 0 Å². The normalized spacial score (nSPS) is 21.1. The number of benzene rings is 1. The van der Waals surface area contributed by atoms with Crippen molar-refractivity contribution in [2.45, 2.75) is 64.5 Å². The number of hydrogen-bond donors (Lipinski definition) is 4. The number of anilines is 1. The van der Waals surface area contributed by atoms with Crippen molar-refractivity contribution < 1.29 is 23.6 Å². The lowest BCUT2D eigenvalue weighted by Gasteiger charge is -2.40. The minimum atomic E-state index is -0.959. The number of carbonyl (C=O) groups excluding carboxylic acids is 3. The van der Waals surface area contributed by atoms with Gasteiger partial charge in [-0.1, -0.05) is 13.0 Å². The molecular formula is C28H41FN6O4. The van der Waals surface area contributed by atoms with Crippen molar-refractivity contribution in [3.8, 4) is 0 Å². The van der Waals surface area contributed by atoms with Gasteiger partial charge in [-0.15, -0.1) is 0 Å². The number of nitrogens with two attached hydrogens (primary N) is 1. The maximum atomic E-state index is 15.2. The summed E-state index contributed by atoms with van der Waals surface area (Å²) in [7, 11) is 2.01. The standard InChI is InChI=1S/C28H41FN6O4/c1-5-39-33-28(38)32-25(27(37)35-13-12-34(4)16(2)15-35)17(3)20-10-11-22(21(29)14-20)31-26(36)24(30)23(18-6-7-18)19-8-9-19/h10-11,14,16-19,25H,5-9,12-13,15,30H2,1-4H3,(H,31,36)(H2,32,33,38)/t16-,17+,25-/m1/s1. The molecule has 3 atom stereocenters. The Balaban J connectivity index is 1.50. The molecule has 4 amide bonds. The van der Waals surface area contributed by atoms with Crippen molar-refractivity contribution in [2.75, 3.05) is 38.6 Å². The predicted molar refractivity (Wildman–Crippen MR) is 146 cm³/mol. The van der Waals surface area contributed by atoms with Crippen LogP contribution < -0.4 is 21.8 Å². The van der Waals surface area contributed by atoms with Gasteiger partial charge >= 0.3 is 6.03 Å². The van der Waals surface area contributed by atoms with Gasteiger partial charge in [0.05, 0.1) is 18.0 Å². The molecule has 0 aromatic heterocycles. The summed E-state index contributed by atoms with van der Waals surface area (Å²) in [6, 6.07) is 2.97. The van der Waals surface area contributed by atoms with Crippen molar-refractivity contribution >= 4 is 23.5 Å². The van der Waals surface area contributed by atoms with Crippen LogP contribution in [0.3, 0.4) is 0 Å². The van der Waals surface area contributed by atoms with E-state index in [2.05, 4.69) is 21.0 Å². The van der Waals surface area contributed by atoms with Crippen molar-refractivity contribution in [3.63, 3.8) is 0 Å². The highest BCUT2D eigenvalue weighted by Crippen LogP contribution is 2.49. The van der Waals surface area contributed by atoms with Crippen molar-refractivity contribution in [3.05, 3.63) is 40.8 Å². The van der Waals surface area contributed by atoms with Gasteiger partial charge < -0.3 is 26.2 Å². The Morgan fingerprint density at radius 3 is 2.38 bits per heavy atom. The highest BCUT2D eigenvalue weighted by molar-refractivity contribution is 6.03. The molecule has 1 saturated heterocycles. The third-order valence-corrected chi connectivity index (χ3v) is 7.99. The number of likely N-dealkylation sites (N-methyl/N-ethyl adjacent to an activating group) is 1. The number of hydroxylamine groups is 1. The zero-order chi connectivity index (χ0) is 28.3. The van der Waals surface area contributed by atoms with Crippen molar-refractivity contribution in [1.29, 1.82) is 0 Å². The van der Waals surface area contributed by atoms with Gasteiger partial charge in [-0.25, -0.2) is 14.7 Å². The van der Waals surface area contributed by atoms with Gasteiger partial charge in [-0.2, -0.15) is 0 Å². The quantitative estimate of drug-likeness (QED) is 0.265. The first-order valence-corrected chi connectivity index (χ1v) is 13.9. The minimum Gasteiger partial charge on any atom is -0.394 e. The zero-order valence-electron chi connectivity index (χ0n) is 23.3. The molecule has 1 aromatic rings. The van der Waals surface area contributed by atoms with Gasteiger partial charge in [0.2, 0.25) is 5.91 Å². The van der Waals surface area contributed by atoms with Gasteiger partial charge in [-0.05, 0) is 81.7 Å². The first-order chi connectivity index (χ1) is 18.6. The van der Waals surface area contributed by atoms with Crippen LogP contribution in [0.4, 0.5) is 14.9 Å². The Bertz CT molecular complexity index is 1110. The van der Waals surface area contributed by atoms with Crippen LogP contribution in [0.2, 0.25) is 0 Å². The lowest BCUT2D eigenvalue weighted by atomic mass is 9.91. The topological polar surface area (TPSA) is 129 Å². The molecule has 2 saturated carbocycles. The van der Waals surface area contributed by atoms with Crippen molar-refractivity contribution in [1.82, 2.24) is 20.6 Å². The van der Waals surface area contributed by atoms with E-state index in [1.165, 1.54) is 12.1 Å².